The second-order valence-corrected chi connectivity index (χ2v) is 16.3. The molecule has 62 heavy (non-hydrogen) atoms. The Balaban J connectivity index is 1.18. The number of anilines is 3. The van der Waals surface area contributed by atoms with Crippen LogP contribution in [-0.2, 0) is 5.41 Å². The van der Waals surface area contributed by atoms with E-state index in [4.69, 9.17) is 0 Å². The zero-order valence-corrected chi connectivity index (χ0v) is 34.1. The van der Waals surface area contributed by atoms with Crippen molar-refractivity contribution in [2.24, 2.45) is 0 Å². The van der Waals surface area contributed by atoms with Crippen LogP contribution in [-0.4, -0.2) is 0 Å². The maximum absolute atomic E-state index is 2.54. The fourth-order valence-corrected chi connectivity index (χ4v) is 10.5. The third-order valence-corrected chi connectivity index (χ3v) is 13.1. The van der Waals surface area contributed by atoms with Crippen LogP contribution in [0.1, 0.15) is 22.3 Å². The second kappa shape index (κ2) is 14.6. The van der Waals surface area contributed by atoms with Gasteiger partial charge in [-0.1, -0.05) is 218 Å². The predicted molar refractivity (Wildman–Crippen MR) is 262 cm³/mol. The predicted octanol–water partition coefficient (Wildman–Crippen LogP) is 16.3. The van der Waals surface area contributed by atoms with Crippen LogP contribution in [0, 0.1) is 0 Å². The average molecular weight is 788 g/mol. The number of fused-ring (bicyclic) bond motifs is 7. The number of para-hydroxylation sites is 1. The van der Waals surface area contributed by atoms with E-state index in [9.17, 15) is 0 Å². The van der Waals surface area contributed by atoms with Gasteiger partial charge >= 0.3 is 0 Å². The van der Waals surface area contributed by atoms with Crippen molar-refractivity contribution < 1.29 is 0 Å². The van der Waals surface area contributed by atoms with Gasteiger partial charge in [0.25, 0.3) is 0 Å². The quantitative estimate of drug-likeness (QED) is 0.145. The Morgan fingerprint density at radius 3 is 1.61 bits per heavy atom. The van der Waals surface area contributed by atoms with Crippen molar-refractivity contribution in [3.05, 3.63) is 271 Å². The molecule has 0 spiro atoms. The lowest BCUT2D eigenvalue weighted by Crippen LogP contribution is -2.28. The first kappa shape index (κ1) is 35.9. The van der Waals surface area contributed by atoms with Crippen molar-refractivity contribution in [2.45, 2.75) is 5.41 Å². The molecular formula is C61H41N. The molecule has 1 aliphatic carbocycles. The van der Waals surface area contributed by atoms with E-state index in [1.54, 1.807) is 0 Å². The van der Waals surface area contributed by atoms with Gasteiger partial charge in [0.05, 0.1) is 16.8 Å². The molecule has 11 aromatic carbocycles. The first-order valence-electron chi connectivity index (χ1n) is 21.5. The van der Waals surface area contributed by atoms with E-state index < -0.39 is 5.41 Å². The maximum Gasteiger partial charge on any atom is 0.0714 e. The van der Waals surface area contributed by atoms with E-state index in [1.165, 1.54) is 88.0 Å². The van der Waals surface area contributed by atoms with Gasteiger partial charge in [-0.2, -0.15) is 0 Å². The summed E-state index contributed by atoms with van der Waals surface area (Å²) in [7, 11) is 0. The molecule has 0 atom stereocenters. The highest BCUT2D eigenvalue weighted by Crippen LogP contribution is 2.60. The van der Waals surface area contributed by atoms with E-state index in [1.807, 2.05) is 0 Å². The molecule has 0 aliphatic heterocycles. The fourth-order valence-electron chi connectivity index (χ4n) is 10.5. The van der Waals surface area contributed by atoms with Crippen molar-refractivity contribution in [3.63, 3.8) is 0 Å². The Bertz CT molecular complexity index is 3430. The lowest BCUT2D eigenvalue weighted by Gasteiger charge is -2.34. The zero-order chi connectivity index (χ0) is 41.0. The Kier molecular flexibility index (Phi) is 8.47. The highest BCUT2D eigenvalue weighted by atomic mass is 15.1. The van der Waals surface area contributed by atoms with E-state index in [-0.39, 0.29) is 0 Å². The summed E-state index contributed by atoms with van der Waals surface area (Å²) >= 11 is 0. The van der Waals surface area contributed by atoms with Gasteiger partial charge in [-0.3, -0.25) is 0 Å². The smallest absolute Gasteiger partial charge is 0.0714 e. The summed E-state index contributed by atoms with van der Waals surface area (Å²) in [5.41, 5.74) is 15.1. The maximum atomic E-state index is 2.54. The van der Waals surface area contributed by atoms with Crippen molar-refractivity contribution in [1.29, 1.82) is 0 Å². The summed E-state index contributed by atoms with van der Waals surface area (Å²) in [4.78, 5) is 2.54. The normalized spacial score (nSPS) is 12.6. The van der Waals surface area contributed by atoms with Gasteiger partial charge in [-0.05, 0) is 107 Å². The van der Waals surface area contributed by atoms with Crippen LogP contribution in [0.25, 0.3) is 65.7 Å². The van der Waals surface area contributed by atoms with Crippen molar-refractivity contribution in [1.82, 2.24) is 0 Å². The number of benzene rings is 11. The molecule has 0 aromatic heterocycles. The third-order valence-electron chi connectivity index (χ3n) is 13.1. The summed E-state index contributed by atoms with van der Waals surface area (Å²) in [6.45, 7) is 0. The Labute approximate surface area is 362 Å². The largest absolute Gasteiger partial charge is 0.309 e. The molecule has 0 radical (unpaired) electrons. The Morgan fingerprint density at radius 2 is 0.823 bits per heavy atom. The average Bonchev–Trinajstić information content (AvgIpc) is 3.66. The van der Waals surface area contributed by atoms with Gasteiger partial charge in [0.1, 0.15) is 0 Å². The molecule has 0 saturated heterocycles. The van der Waals surface area contributed by atoms with Gasteiger partial charge in [-0.15, -0.1) is 0 Å². The fraction of sp³-hybridized carbons (Fsp3) is 0.0164. The van der Waals surface area contributed by atoms with Crippen LogP contribution in [0.4, 0.5) is 17.1 Å². The van der Waals surface area contributed by atoms with Crippen molar-refractivity contribution >= 4 is 49.4 Å². The minimum Gasteiger partial charge on any atom is -0.309 e. The van der Waals surface area contributed by atoms with Gasteiger partial charge in [0, 0.05) is 16.8 Å². The highest BCUT2D eigenvalue weighted by molar-refractivity contribution is 6.15. The molecule has 0 heterocycles. The minimum absolute atomic E-state index is 0.533. The van der Waals surface area contributed by atoms with Gasteiger partial charge in [0.2, 0.25) is 0 Å². The molecule has 290 valence electrons. The van der Waals surface area contributed by atoms with E-state index in [2.05, 4.69) is 254 Å². The number of rotatable bonds is 7. The summed E-state index contributed by atoms with van der Waals surface area (Å²) in [6, 6.07) is 91.8. The highest BCUT2D eigenvalue weighted by Gasteiger charge is 2.47. The SMILES string of the molecule is c1ccc(C2(c3ccccc3)c3ccccc3-c3c(N(c4cccc(-c5cccc6ccccc56)c4)c4ccccc4-c4cc5ccccc5c5ccccc45)cccc32)cc1. The molecule has 0 N–H and O–H groups in total. The summed E-state index contributed by atoms with van der Waals surface area (Å²) in [5, 5.41) is 7.46. The van der Waals surface area contributed by atoms with Gasteiger partial charge < -0.3 is 4.90 Å². The first-order chi connectivity index (χ1) is 30.8. The Hall–Kier alpha value is -8.00. The molecule has 0 unspecified atom stereocenters. The molecule has 0 saturated carbocycles. The molecule has 1 heteroatoms. The number of hydrogen-bond acceptors (Lipinski definition) is 1. The minimum atomic E-state index is -0.533. The lowest BCUT2D eigenvalue weighted by atomic mass is 9.68. The van der Waals surface area contributed by atoms with Crippen LogP contribution in [0.2, 0.25) is 0 Å². The molecule has 0 bridgehead atoms. The van der Waals surface area contributed by atoms with Crippen LogP contribution in [0.5, 0.6) is 0 Å². The number of hydrogen-bond donors (Lipinski definition) is 0. The van der Waals surface area contributed by atoms with Crippen molar-refractivity contribution in [3.8, 4) is 33.4 Å². The molecule has 11 aromatic rings. The van der Waals surface area contributed by atoms with Crippen LogP contribution in [0.15, 0.2) is 249 Å². The van der Waals surface area contributed by atoms with E-state index in [0.29, 0.717) is 0 Å². The Morgan fingerprint density at radius 1 is 0.290 bits per heavy atom. The summed E-state index contributed by atoms with van der Waals surface area (Å²) in [5.74, 6) is 0. The van der Waals surface area contributed by atoms with E-state index >= 15 is 0 Å². The van der Waals surface area contributed by atoms with Crippen LogP contribution >= 0.6 is 0 Å². The third kappa shape index (κ3) is 5.49. The molecule has 1 nitrogen and oxygen atoms in total. The molecule has 1 aliphatic rings. The standard InChI is InChI=1S/C61H41N/c1-3-24-45(25-4-1)61(46-26-5-2-6-27-46)56-36-15-13-34-54(56)60-57(61)37-19-39-59(60)62(47-28-17-23-43(40-47)49-35-18-22-42-20-7-9-29-48(42)49)58-38-16-14-33-53(58)55-41-44-21-8-10-30-50(44)51-31-11-12-32-52(51)55/h1-41H. The molecule has 0 amide bonds. The van der Waals surface area contributed by atoms with E-state index in [0.717, 1.165) is 17.1 Å². The molecule has 0 fully saturated rings. The summed E-state index contributed by atoms with van der Waals surface area (Å²) in [6.07, 6.45) is 0. The van der Waals surface area contributed by atoms with Crippen LogP contribution in [0.3, 0.4) is 0 Å². The topological polar surface area (TPSA) is 3.24 Å². The summed E-state index contributed by atoms with van der Waals surface area (Å²) < 4.78 is 0. The molecular weight excluding hydrogens is 747 g/mol. The van der Waals surface area contributed by atoms with Gasteiger partial charge in [-0.25, -0.2) is 0 Å². The number of nitrogens with zero attached hydrogens (tertiary/aromatic N) is 1. The monoisotopic (exact) mass is 787 g/mol. The zero-order valence-electron chi connectivity index (χ0n) is 34.1. The second-order valence-electron chi connectivity index (χ2n) is 16.3. The molecule has 12 rings (SSSR count). The van der Waals surface area contributed by atoms with Gasteiger partial charge in [0.15, 0.2) is 0 Å². The van der Waals surface area contributed by atoms with Crippen LogP contribution < -0.4 is 4.90 Å². The van der Waals surface area contributed by atoms with Crippen molar-refractivity contribution in [2.75, 3.05) is 4.90 Å². The lowest BCUT2D eigenvalue weighted by molar-refractivity contribution is 0.768. The first-order valence-corrected chi connectivity index (χ1v) is 21.5.